The van der Waals surface area contributed by atoms with E-state index in [1.807, 2.05) is 24.3 Å². The van der Waals surface area contributed by atoms with E-state index in [1.54, 1.807) is 12.4 Å². The standard InChI is InChI=1S/C13H13BrClN3/c1-2-17-10-5-11(8-16-7-10)18-9-3-4-13(15)12(14)6-9/h3-8,17-18H,2H2,1H3. The van der Waals surface area contributed by atoms with E-state index < -0.39 is 0 Å². The summed E-state index contributed by atoms with van der Waals surface area (Å²) >= 11 is 9.35. The molecular weight excluding hydrogens is 314 g/mol. The number of aromatic nitrogens is 1. The lowest BCUT2D eigenvalue weighted by Crippen LogP contribution is -1.98. The van der Waals surface area contributed by atoms with Gasteiger partial charge in [0, 0.05) is 16.7 Å². The van der Waals surface area contributed by atoms with Crippen molar-refractivity contribution in [2.45, 2.75) is 6.92 Å². The number of nitrogens with one attached hydrogen (secondary N) is 2. The molecule has 0 radical (unpaired) electrons. The molecule has 0 saturated carbocycles. The van der Waals surface area contributed by atoms with Crippen LogP contribution in [0.4, 0.5) is 17.1 Å². The van der Waals surface area contributed by atoms with Crippen LogP contribution in [-0.4, -0.2) is 11.5 Å². The van der Waals surface area contributed by atoms with Gasteiger partial charge in [-0.2, -0.15) is 0 Å². The first-order chi connectivity index (χ1) is 8.69. The molecule has 0 aliphatic heterocycles. The van der Waals surface area contributed by atoms with Gasteiger partial charge in [-0.25, -0.2) is 0 Å². The molecule has 2 N–H and O–H groups in total. The van der Waals surface area contributed by atoms with Gasteiger partial charge in [0.05, 0.1) is 28.8 Å². The summed E-state index contributed by atoms with van der Waals surface area (Å²) in [7, 11) is 0. The summed E-state index contributed by atoms with van der Waals surface area (Å²) < 4.78 is 0.866. The molecule has 0 atom stereocenters. The summed E-state index contributed by atoms with van der Waals surface area (Å²) in [5, 5.41) is 7.20. The summed E-state index contributed by atoms with van der Waals surface area (Å²) in [6.45, 7) is 2.92. The van der Waals surface area contributed by atoms with Crippen molar-refractivity contribution in [3.8, 4) is 0 Å². The van der Waals surface area contributed by atoms with E-state index in [4.69, 9.17) is 11.6 Å². The molecule has 0 spiro atoms. The Kier molecular flexibility index (Phi) is 4.44. The van der Waals surface area contributed by atoms with Crippen LogP contribution in [0.3, 0.4) is 0 Å². The summed E-state index contributed by atoms with van der Waals surface area (Å²) in [4.78, 5) is 4.18. The van der Waals surface area contributed by atoms with E-state index in [9.17, 15) is 0 Å². The molecule has 0 amide bonds. The SMILES string of the molecule is CCNc1cncc(Nc2ccc(Cl)c(Br)c2)c1. The van der Waals surface area contributed by atoms with Gasteiger partial charge in [-0.3, -0.25) is 4.98 Å². The van der Waals surface area contributed by atoms with E-state index >= 15 is 0 Å². The Bertz CT molecular complexity index is 546. The molecule has 18 heavy (non-hydrogen) atoms. The Morgan fingerprint density at radius 3 is 2.67 bits per heavy atom. The van der Waals surface area contributed by atoms with Crippen LogP contribution in [0, 0.1) is 0 Å². The van der Waals surface area contributed by atoms with Crippen molar-refractivity contribution in [3.05, 3.63) is 46.2 Å². The van der Waals surface area contributed by atoms with Gasteiger partial charge in [0.15, 0.2) is 0 Å². The maximum atomic E-state index is 5.95. The van der Waals surface area contributed by atoms with Crippen molar-refractivity contribution in [2.75, 3.05) is 17.2 Å². The second kappa shape index (κ2) is 6.07. The van der Waals surface area contributed by atoms with Crippen molar-refractivity contribution in [1.29, 1.82) is 0 Å². The first kappa shape index (κ1) is 13.2. The summed E-state index contributed by atoms with van der Waals surface area (Å²) in [6, 6.07) is 7.71. The molecule has 2 aromatic rings. The van der Waals surface area contributed by atoms with E-state index in [0.717, 1.165) is 28.1 Å². The van der Waals surface area contributed by atoms with Crippen molar-refractivity contribution in [2.24, 2.45) is 0 Å². The van der Waals surface area contributed by atoms with E-state index in [1.165, 1.54) is 0 Å². The van der Waals surface area contributed by atoms with Crippen LogP contribution in [0.15, 0.2) is 41.1 Å². The fourth-order valence-corrected chi connectivity index (χ4v) is 2.05. The van der Waals surface area contributed by atoms with Gasteiger partial charge < -0.3 is 10.6 Å². The molecule has 94 valence electrons. The average Bonchev–Trinajstić information content (AvgIpc) is 2.35. The summed E-state index contributed by atoms with van der Waals surface area (Å²) in [5.74, 6) is 0. The number of anilines is 3. The lowest BCUT2D eigenvalue weighted by molar-refractivity contribution is 1.19. The molecule has 0 aliphatic rings. The fourth-order valence-electron chi connectivity index (χ4n) is 1.55. The first-order valence-electron chi connectivity index (χ1n) is 5.60. The van der Waals surface area contributed by atoms with Gasteiger partial charge in [0.2, 0.25) is 0 Å². The van der Waals surface area contributed by atoms with Crippen LogP contribution in [0.2, 0.25) is 5.02 Å². The van der Waals surface area contributed by atoms with Gasteiger partial charge in [-0.15, -0.1) is 0 Å². The molecule has 1 aromatic heterocycles. The molecule has 2 rings (SSSR count). The molecule has 0 fully saturated rings. The monoisotopic (exact) mass is 325 g/mol. The Labute approximate surface area is 120 Å². The van der Waals surface area contributed by atoms with Crippen LogP contribution in [0.1, 0.15) is 6.92 Å². The Hall–Kier alpha value is -1.26. The van der Waals surface area contributed by atoms with Gasteiger partial charge in [-0.05, 0) is 47.1 Å². The molecule has 0 bridgehead atoms. The van der Waals surface area contributed by atoms with Crippen molar-refractivity contribution in [3.63, 3.8) is 0 Å². The quantitative estimate of drug-likeness (QED) is 0.857. The maximum Gasteiger partial charge on any atom is 0.0591 e. The molecule has 3 nitrogen and oxygen atoms in total. The van der Waals surface area contributed by atoms with Crippen molar-refractivity contribution < 1.29 is 0 Å². The van der Waals surface area contributed by atoms with Gasteiger partial charge >= 0.3 is 0 Å². The second-order valence-corrected chi connectivity index (χ2v) is 5.01. The minimum absolute atomic E-state index is 0.695. The van der Waals surface area contributed by atoms with Gasteiger partial charge in [0.25, 0.3) is 0 Å². The highest BCUT2D eigenvalue weighted by molar-refractivity contribution is 9.10. The van der Waals surface area contributed by atoms with Crippen LogP contribution < -0.4 is 10.6 Å². The molecule has 0 aliphatic carbocycles. The highest BCUT2D eigenvalue weighted by Crippen LogP contribution is 2.27. The maximum absolute atomic E-state index is 5.95. The molecule has 1 aromatic carbocycles. The van der Waals surface area contributed by atoms with Crippen LogP contribution in [-0.2, 0) is 0 Å². The minimum Gasteiger partial charge on any atom is -0.384 e. The fraction of sp³-hybridized carbons (Fsp3) is 0.154. The molecule has 0 unspecified atom stereocenters. The summed E-state index contributed by atoms with van der Waals surface area (Å²) in [6.07, 6.45) is 3.58. The van der Waals surface area contributed by atoms with Crippen LogP contribution in [0.5, 0.6) is 0 Å². The Morgan fingerprint density at radius 2 is 1.94 bits per heavy atom. The normalized spacial score (nSPS) is 10.2. The zero-order chi connectivity index (χ0) is 13.0. The smallest absolute Gasteiger partial charge is 0.0591 e. The number of nitrogens with zero attached hydrogens (tertiary/aromatic N) is 1. The highest BCUT2D eigenvalue weighted by Gasteiger charge is 2.00. The van der Waals surface area contributed by atoms with Crippen LogP contribution >= 0.6 is 27.5 Å². The number of halogens is 2. The minimum atomic E-state index is 0.695. The second-order valence-electron chi connectivity index (χ2n) is 3.75. The number of pyridine rings is 1. The zero-order valence-corrected chi connectivity index (χ0v) is 12.2. The zero-order valence-electron chi connectivity index (χ0n) is 9.87. The molecule has 1 heterocycles. The van der Waals surface area contributed by atoms with Gasteiger partial charge in [0.1, 0.15) is 0 Å². The first-order valence-corrected chi connectivity index (χ1v) is 6.77. The average molecular weight is 327 g/mol. The molecular formula is C13H13BrClN3. The highest BCUT2D eigenvalue weighted by atomic mass is 79.9. The van der Waals surface area contributed by atoms with Crippen molar-refractivity contribution >= 4 is 44.6 Å². The third-order valence-electron chi connectivity index (χ3n) is 2.33. The van der Waals surface area contributed by atoms with E-state index in [0.29, 0.717) is 5.02 Å². The van der Waals surface area contributed by atoms with Crippen molar-refractivity contribution in [1.82, 2.24) is 4.98 Å². The van der Waals surface area contributed by atoms with E-state index in [-0.39, 0.29) is 0 Å². The third kappa shape index (κ3) is 3.37. The lowest BCUT2D eigenvalue weighted by atomic mass is 10.3. The summed E-state index contributed by atoms with van der Waals surface area (Å²) in [5.41, 5.74) is 2.89. The number of benzene rings is 1. The third-order valence-corrected chi connectivity index (χ3v) is 3.54. The van der Waals surface area contributed by atoms with E-state index in [2.05, 4.69) is 38.5 Å². The molecule has 5 heteroatoms. The Morgan fingerprint density at radius 1 is 1.17 bits per heavy atom. The predicted molar refractivity (Wildman–Crippen MR) is 80.8 cm³/mol. The number of rotatable bonds is 4. The lowest BCUT2D eigenvalue weighted by Gasteiger charge is -2.09. The van der Waals surface area contributed by atoms with Crippen LogP contribution in [0.25, 0.3) is 0 Å². The Balaban J connectivity index is 2.17. The predicted octanol–water partition coefficient (Wildman–Crippen LogP) is 4.67. The largest absolute Gasteiger partial charge is 0.384 e. The number of hydrogen-bond acceptors (Lipinski definition) is 3. The molecule has 0 saturated heterocycles. The van der Waals surface area contributed by atoms with Gasteiger partial charge in [-0.1, -0.05) is 11.6 Å². The number of hydrogen-bond donors (Lipinski definition) is 2. The topological polar surface area (TPSA) is 37.0 Å².